The van der Waals surface area contributed by atoms with Gasteiger partial charge in [-0.2, -0.15) is 5.10 Å². The van der Waals surface area contributed by atoms with Crippen molar-refractivity contribution in [1.82, 2.24) is 9.78 Å². The number of nitrogens with zero attached hydrogens (tertiary/aromatic N) is 2. The molecule has 0 aliphatic carbocycles. The number of halogens is 2. The Kier molecular flexibility index (Phi) is 5.14. The van der Waals surface area contributed by atoms with Gasteiger partial charge < -0.3 is 5.32 Å². The van der Waals surface area contributed by atoms with Crippen LogP contribution in [-0.4, -0.2) is 9.78 Å². The van der Waals surface area contributed by atoms with Crippen molar-refractivity contribution >= 4 is 17.3 Å². The molecule has 128 valence electrons. The summed E-state index contributed by atoms with van der Waals surface area (Å²) in [5, 5.41) is 7.19. The standard InChI is InChI=1S/C19H17ClFN3O/c1-24-19(25)18(20)17(12-22-24)23-16(11-13-7-3-2-4-8-13)14-9-5-6-10-15(14)21/h2-10,12,16,23H,11H2,1H3. The van der Waals surface area contributed by atoms with Gasteiger partial charge in [-0.3, -0.25) is 4.79 Å². The summed E-state index contributed by atoms with van der Waals surface area (Å²) in [4.78, 5) is 12.0. The highest BCUT2D eigenvalue weighted by Gasteiger charge is 2.18. The predicted molar refractivity (Wildman–Crippen MR) is 97.4 cm³/mol. The SMILES string of the molecule is Cn1ncc(NC(Cc2ccccc2)c2ccccc2F)c(Cl)c1=O. The maximum Gasteiger partial charge on any atom is 0.287 e. The molecule has 0 aliphatic heterocycles. The lowest BCUT2D eigenvalue weighted by molar-refractivity contribution is 0.590. The zero-order valence-corrected chi connectivity index (χ0v) is 14.4. The van der Waals surface area contributed by atoms with Gasteiger partial charge in [-0.1, -0.05) is 60.1 Å². The second-order valence-electron chi connectivity index (χ2n) is 5.71. The van der Waals surface area contributed by atoms with Gasteiger partial charge in [-0.25, -0.2) is 9.07 Å². The van der Waals surface area contributed by atoms with Gasteiger partial charge in [0, 0.05) is 12.6 Å². The topological polar surface area (TPSA) is 46.9 Å². The first-order chi connectivity index (χ1) is 12.1. The molecule has 0 amide bonds. The molecule has 1 atom stereocenters. The van der Waals surface area contributed by atoms with E-state index in [9.17, 15) is 9.18 Å². The molecule has 0 spiro atoms. The van der Waals surface area contributed by atoms with E-state index in [1.165, 1.54) is 19.3 Å². The van der Waals surface area contributed by atoms with Gasteiger partial charge in [0.25, 0.3) is 5.56 Å². The van der Waals surface area contributed by atoms with E-state index < -0.39 is 11.6 Å². The smallest absolute Gasteiger partial charge is 0.287 e. The molecule has 0 saturated carbocycles. The molecular formula is C19H17ClFN3O. The Balaban J connectivity index is 1.98. The number of benzene rings is 2. The molecule has 1 unspecified atom stereocenters. The number of hydrogen-bond donors (Lipinski definition) is 1. The maximum atomic E-state index is 14.3. The van der Waals surface area contributed by atoms with E-state index in [0.717, 1.165) is 10.2 Å². The van der Waals surface area contributed by atoms with E-state index in [2.05, 4.69) is 10.4 Å². The minimum atomic E-state index is -0.404. The van der Waals surface area contributed by atoms with Crippen LogP contribution in [0.15, 0.2) is 65.6 Å². The van der Waals surface area contributed by atoms with E-state index in [4.69, 9.17) is 11.6 Å². The quantitative estimate of drug-likeness (QED) is 0.751. The van der Waals surface area contributed by atoms with Crippen LogP contribution in [0.5, 0.6) is 0 Å². The first-order valence-electron chi connectivity index (χ1n) is 7.83. The van der Waals surface area contributed by atoms with E-state index in [1.807, 2.05) is 30.3 Å². The molecule has 3 aromatic rings. The van der Waals surface area contributed by atoms with E-state index in [-0.39, 0.29) is 10.8 Å². The Bertz CT molecular complexity index is 927. The minimum Gasteiger partial charge on any atom is -0.375 e. The highest BCUT2D eigenvalue weighted by molar-refractivity contribution is 6.32. The molecular weight excluding hydrogens is 341 g/mol. The number of aromatic nitrogens is 2. The molecule has 4 nitrogen and oxygen atoms in total. The Labute approximate surface area is 149 Å². The van der Waals surface area contributed by atoms with Gasteiger partial charge in [0.2, 0.25) is 0 Å². The molecule has 0 radical (unpaired) electrons. The normalized spacial score (nSPS) is 12.0. The Morgan fingerprint density at radius 2 is 1.84 bits per heavy atom. The van der Waals surface area contributed by atoms with Gasteiger partial charge in [-0.05, 0) is 18.1 Å². The lowest BCUT2D eigenvalue weighted by Crippen LogP contribution is -2.23. The Morgan fingerprint density at radius 1 is 1.16 bits per heavy atom. The number of hydrogen-bond acceptors (Lipinski definition) is 3. The van der Waals surface area contributed by atoms with Gasteiger partial charge in [-0.15, -0.1) is 0 Å². The summed E-state index contributed by atoms with van der Waals surface area (Å²) in [6.45, 7) is 0. The fraction of sp³-hybridized carbons (Fsp3) is 0.158. The van der Waals surface area contributed by atoms with Crippen molar-refractivity contribution in [3.63, 3.8) is 0 Å². The highest BCUT2D eigenvalue weighted by atomic mass is 35.5. The first kappa shape index (κ1) is 17.2. The van der Waals surface area contributed by atoms with Crippen LogP contribution < -0.4 is 10.9 Å². The predicted octanol–water partition coefficient (Wildman–Crippen LogP) is 3.97. The summed E-state index contributed by atoms with van der Waals surface area (Å²) in [5.74, 6) is -0.316. The monoisotopic (exact) mass is 357 g/mol. The van der Waals surface area contributed by atoms with Gasteiger partial charge in [0.05, 0.1) is 17.9 Å². The molecule has 0 bridgehead atoms. The van der Waals surface area contributed by atoms with Crippen molar-refractivity contribution in [2.24, 2.45) is 7.05 Å². The van der Waals surface area contributed by atoms with Crippen LogP contribution in [0.2, 0.25) is 5.02 Å². The van der Waals surface area contributed by atoms with Crippen LogP contribution in [0.4, 0.5) is 10.1 Å². The van der Waals surface area contributed by atoms with Crippen LogP contribution in [-0.2, 0) is 13.5 Å². The number of anilines is 1. The Morgan fingerprint density at radius 3 is 2.56 bits per heavy atom. The van der Waals surface area contributed by atoms with Gasteiger partial charge in [0.15, 0.2) is 0 Å². The number of rotatable bonds is 5. The second-order valence-corrected chi connectivity index (χ2v) is 6.09. The van der Waals surface area contributed by atoms with Crippen molar-refractivity contribution in [2.75, 3.05) is 5.32 Å². The van der Waals surface area contributed by atoms with Crippen LogP contribution >= 0.6 is 11.6 Å². The third-order valence-corrected chi connectivity index (χ3v) is 4.34. The average molecular weight is 358 g/mol. The lowest BCUT2D eigenvalue weighted by atomic mass is 9.98. The summed E-state index contributed by atoms with van der Waals surface area (Å²) in [6, 6.07) is 15.9. The van der Waals surface area contributed by atoms with Crippen molar-refractivity contribution in [2.45, 2.75) is 12.5 Å². The van der Waals surface area contributed by atoms with Crippen LogP contribution in [0.1, 0.15) is 17.2 Å². The molecule has 1 aromatic heterocycles. The summed E-state index contributed by atoms with van der Waals surface area (Å²) < 4.78 is 15.5. The zero-order valence-electron chi connectivity index (χ0n) is 13.6. The average Bonchev–Trinajstić information content (AvgIpc) is 2.63. The second kappa shape index (κ2) is 7.49. The third-order valence-electron chi connectivity index (χ3n) is 3.97. The molecule has 6 heteroatoms. The zero-order chi connectivity index (χ0) is 17.8. The van der Waals surface area contributed by atoms with E-state index >= 15 is 0 Å². The summed E-state index contributed by atoms with van der Waals surface area (Å²) in [5.41, 5.74) is 1.52. The lowest BCUT2D eigenvalue weighted by Gasteiger charge is -2.21. The van der Waals surface area contributed by atoms with Crippen LogP contribution in [0.3, 0.4) is 0 Å². The van der Waals surface area contributed by atoms with Crippen LogP contribution in [0, 0.1) is 5.82 Å². The van der Waals surface area contributed by atoms with Gasteiger partial charge >= 0.3 is 0 Å². The van der Waals surface area contributed by atoms with Crippen molar-refractivity contribution in [1.29, 1.82) is 0 Å². The molecule has 3 rings (SSSR count). The third kappa shape index (κ3) is 3.88. The molecule has 1 heterocycles. The summed E-state index contributed by atoms with van der Waals surface area (Å²) >= 11 is 6.14. The number of aryl methyl sites for hydroxylation is 1. The summed E-state index contributed by atoms with van der Waals surface area (Å²) in [7, 11) is 1.52. The van der Waals surface area contributed by atoms with Crippen LogP contribution in [0.25, 0.3) is 0 Å². The first-order valence-corrected chi connectivity index (χ1v) is 8.20. The molecule has 0 saturated heterocycles. The van der Waals surface area contributed by atoms with Crippen molar-refractivity contribution < 1.29 is 4.39 Å². The molecule has 25 heavy (non-hydrogen) atoms. The minimum absolute atomic E-state index is 0.0342. The number of nitrogens with one attached hydrogen (secondary N) is 1. The largest absolute Gasteiger partial charge is 0.375 e. The summed E-state index contributed by atoms with van der Waals surface area (Å²) in [6.07, 6.45) is 2.01. The molecule has 2 aromatic carbocycles. The highest BCUT2D eigenvalue weighted by Crippen LogP contribution is 2.27. The maximum absolute atomic E-state index is 14.3. The Hall–Kier alpha value is -2.66. The van der Waals surface area contributed by atoms with E-state index in [1.54, 1.807) is 18.2 Å². The fourth-order valence-corrected chi connectivity index (χ4v) is 2.87. The van der Waals surface area contributed by atoms with Gasteiger partial charge in [0.1, 0.15) is 10.8 Å². The molecule has 0 aliphatic rings. The van der Waals surface area contributed by atoms with Crippen molar-refractivity contribution in [3.8, 4) is 0 Å². The molecule has 0 fully saturated rings. The fourth-order valence-electron chi connectivity index (χ4n) is 2.65. The van der Waals surface area contributed by atoms with E-state index in [0.29, 0.717) is 17.7 Å². The van der Waals surface area contributed by atoms with Crippen molar-refractivity contribution in [3.05, 3.63) is 93.1 Å². The molecule has 1 N–H and O–H groups in total.